The smallest absolute Gasteiger partial charge is 0.323 e. The molecule has 102 valence electrons. The minimum atomic E-state index is -0.614. The van der Waals surface area contributed by atoms with Crippen LogP contribution >= 0.6 is 11.3 Å². The van der Waals surface area contributed by atoms with Crippen LogP contribution in [0.5, 0.6) is 0 Å². The number of benzene rings is 1. The topological polar surface area (TPSA) is 52.3 Å². The van der Waals surface area contributed by atoms with Crippen LogP contribution in [-0.2, 0) is 16.0 Å². The number of carbonyl (C=O) groups is 1. The Labute approximate surface area is 117 Å². The number of nitrogens with two attached hydrogens (primary N) is 1. The number of hydrogen-bond acceptors (Lipinski definition) is 4. The van der Waals surface area contributed by atoms with Crippen LogP contribution in [0.3, 0.4) is 0 Å². The number of esters is 1. The van der Waals surface area contributed by atoms with Crippen molar-refractivity contribution in [2.45, 2.75) is 38.8 Å². The number of hydrogen-bond donors (Lipinski definition) is 1. The maximum atomic E-state index is 11.9. The first-order chi connectivity index (χ1) is 8.87. The minimum absolute atomic E-state index is 0.345. The Morgan fingerprint density at radius 2 is 2.05 bits per heavy atom. The number of rotatable bonds is 3. The van der Waals surface area contributed by atoms with Gasteiger partial charge in [-0.15, -0.1) is 11.3 Å². The summed E-state index contributed by atoms with van der Waals surface area (Å²) in [7, 11) is 0. The molecule has 0 radical (unpaired) electrons. The summed E-state index contributed by atoms with van der Waals surface area (Å²) in [5.41, 5.74) is 6.55. The van der Waals surface area contributed by atoms with Gasteiger partial charge in [-0.3, -0.25) is 4.79 Å². The lowest BCUT2D eigenvalue weighted by atomic mass is 10.1. The zero-order valence-corrected chi connectivity index (χ0v) is 12.3. The molecule has 0 saturated carbocycles. The highest BCUT2D eigenvalue weighted by atomic mass is 32.1. The lowest BCUT2D eigenvalue weighted by Gasteiger charge is -2.22. The quantitative estimate of drug-likeness (QED) is 0.877. The van der Waals surface area contributed by atoms with Crippen molar-refractivity contribution in [3.63, 3.8) is 0 Å². The van der Waals surface area contributed by atoms with Crippen LogP contribution in [0.1, 0.15) is 26.3 Å². The molecule has 2 N–H and O–H groups in total. The highest BCUT2D eigenvalue weighted by molar-refractivity contribution is 7.17. The predicted molar refractivity (Wildman–Crippen MR) is 79.3 cm³/mol. The van der Waals surface area contributed by atoms with Crippen molar-refractivity contribution in [2.75, 3.05) is 0 Å². The summed E-state index contributed by atoms with van der Waals surface area (Å²) in [6.07, 6.45) is 0.513. The fraction of sp³-hybridized carbons (Fsp3) is 0.400. The Balaban J connectivity index is 2.10. The number of ether oxygens (including phenoxy) is 1. The van der Waals surface area contributed by atoms with Crippen molar-refractivity contribution < 1.29 is 9.53 Å². The molecule has 2 aromatic rings. The van der Waals surface area contributed by atoms with Crippen LogP contribution in [-0.4, -0.2) is 17.6 Å². The molecule has 0 amide bonds. The molecule has 1 heterocycles. The average molecular weight is 277 g/mol. The van der Waals surface area contributed by atoms with Crippen LogP contribution in [0.25, 0.3) is 10.1 Å². The van der Waals surface area contributed by atoms with E-state index in [1.807, 2.05) is 32.9 Å². The molecule has 3 nitrogen and oxygen atoms in total. The third-order valence-electron chi connectivity index (χ3n) is 2.71. The van der Waals surface area contributed by atoms with Gasteiger partial charge in [-0.1, -0.05) is 18.2 Å². The SMILES string of the molecule is CC(C)(C)OC(=O)[C@H](N)Cc1csc2ccccc12. The molecule has 1 aromatic carbocycles. The van der Waals surface area contributed by atoms with E-state index < -0.39 is 11.6 Å². The van der Waals surface area contributed by atoms with E-state index in [1.165, 1.54) is 10.1 Å². The van der Waals surface area contributed by atoms with E-state index in [4.69, 9.17) is 10.5 Å². The second-order valence-electron chi connectivity index (χ2n) is 5.60. The molecule has 0 unspecified atom stereocenters. The zero-order valence-electron chi connectivity index (χ0n) is 11.5. The molecule has 1 atom stereocenters. The highest BCUT2D eigenvalue weighted by Gasteiger charge is 2.23. The molecule has 0 aliphatic rings. The fourth-order valence-corrected chi connectivity index (χ4v) is 2.86. The monoisotopic (exact) mass is 277 g/mol. The number of thiophene rings is 1. The van der Waals surface area contributed by atoms with E-state index >= 15 is 0 Å². The van der Waals surface area contributed by atoms with Crippen LogP contribution in [0.15, 0.2) is 29.6 Å². The van der Waals surface area contributed by atoms with Gasteiger partial charge in [-0.25, -0.2) is 0 Å². The molecular formula is C15H19NO2S. The minimum Gasteiger partial charge on any atom is -0.459 e. The molecule has 0 bridgehead atoms. The first-order valence-corrected chi connectivity index (χ1v) is 7.18. The van der Waals surface area contributed by atoms with Gasteiger partial charge in [-0.2, -0.15) is 0 Å². The van der Waals surface area contributed by atoms with E-state index in [0.717, 1.165) is 5.56 Å². The Bertz CT molecular complexity index is 583. The normalized spacial score (nSPS) is 13.5. The van der Waals surface area contributed by atoms with Gasteiger partial charge in [0.2, 0.25) is 0 Å². The van der Waals surface area contributed by atoms with Crippen molar-refractivity contribution in [3.8, 4) is 0 Å². The third-order valence-corrected chi connectivity index (χ3v) is 3.72. The van der Waals surface area contributed by atoms with Crippen LogP contribution in [0.2, 0.25) is 0 Å². The van der Waals surface area contributed by atoms with Crippen LogP contribution in [0.4, 0.5) is 0 Å². The van der Waals surface area contributed by atoms with Crippen molar-refractivity contribution in [1.29, 1.82) is 0 Å². The van der Waals surface area contributed by atoms with Crippen molar-refractivity contribution in [2.24, 2.45) is 5.73 Å². The molecule has 1 aromatic heterocycles. The van der Waals surface area contributed by atoms with Crippen molar-refractivity contribution in [1.82, 2.24) is 0 Å². The molecule has 0 fully saturated rings. The van der Waals surface area contributed by atoms with Gasteiger partial charge in [0.15, 0.2) is 0 Å². The lowest BCUT2D eigenvalue weighted by Crippen LogP contribution is -2.38. The van der Waals surface area contributed by atoms with E-state index in [1.54, 1.807) is 11.3 Å². The van der Waals surface area contributed by atoms with Gasteiger partial charge in [0, 0.05) is 4.70 Å². The van der Waals surface area contributed by atoms with Gasteiger partial charge in [-0.05, 0) is 49.6 Å². The summed E-state index contributed by atoms with van der Waals surface area (Å²) in [6.45, 7) is 5.53. The zero-order chi connectivity index (χ0) is 14.0. The van der Waals surface area contributed by atoms with E-state index in [9.17, 15) is 4.79 Å². The highest BCUT2D eigenvalue weighted by Crippen LogP contribution is 2.26. The second-order valence-corrected chi connectivity index (χ2v) is 6.51. The predicted octanol–water partition coefficient (Wildman–Crippen LogP) is 3.11. The van der Waals surface area contributed by atoms with Crippen molar-refractivity contribution >= 4 is 27.4 Å². The summed E-state index contributed by atoms with van der Waals surface area (Å²) in [5.74, 6) is -0.345. The second kappa shape index (κ2) is 5.31. The first kappa shape index (κ1) is 14.0. The van der Waals surface area contributed by atoms with Crippen molar-refractivity contribution in [3.05, 3.63) is 35.2 Å². The first-order valence-electron chi connectivity index (χ1n) is 6.30. The molecule has 2 rings (SSSR count). The summed E-state index contributed by atoms with van der Waals surface area (Å²) < 4.78 is 6.52. The third kappa shape index (κ3) is 3.55. The van der Waals surface area contributed by atoms with E-state index in [0.29, 0.717) is 6.42 Å². The summed E-state index contributed by atoms with van der Waals surface area (Å²) in [6, 6.07) is 7.52. The molecule has 0 saturated heterocycles. The Morgan fingerprint density at radius 1 is 1.37 bits per heavy atom. The molecule has 0 aliphatic heterocycles. The Kier molecular flexibility index (Phi) is 3.92. The van der Waals surface area contributed by atoms with Gasteiger partial charge >= 0.3 is 5.97 Å². The number of carbonyl (C=O) groups excluding carboxylic acids is 1. The van der Waals surface area contributed by atoms with Gasteiger partial charge < -0.3 is 10.5 Å². The van der Waals surface area contributed by atoms with Gasteiger partial charge in [0.1, 0.15) is 11.6 Å². The Hall–Kier alpha value is -1.39. The maximum Gasteiger partial charge on any atom is 0.323 e. The maximum absolute atomic E-state index is 11.9. The van der Waals surface area contributed by atoms with Crippen LogP contribution < -0.4 is 5.73 Å². The summed E-state index contributed by atoms with van der Waals surface area (Å²) >= 11 is 1.67. The van der Waals surface area contributed by atoms with Crippen LogP contribution in [0, 0.1) is 0 Å². The Morgan fingerprint density at radius 3 is 2.74 bits per heavy atom. The molecule has 4 heteroatoms. The fourth-order valence-electron chi connectivity index (χ4n) is 1.89. The van der Waals surface area contributed by atoms with E-state index in [-0.39, 0.29) is 5.97 Å². The molecular weight excluding hydrogens is 258 g/mol. The standard InChI is InChI=1S/C15H19NO2S/c1-15(2,3)18-14(17)12(16)8-10-9-19-13-7-5-4-6-11(10)13/h4-7,9,12H,8,16H2,1-3H3/t12-/m1/s1. The molecule has 0 aliphatic carbocycles. The average Bonchev–Trinajstić information content (AvgIpc) is 2.70. The van der Waals surface area contributed by atoms with E-state index in [2.05, 4.69) is 17.5 Å². The molecule has 19 heavy (non-hydrogen) atoms. The molecule has 0 spiro atoms. The largest absolute Gasteiger partial charge is 0.459 e. The summed E-state index contributed by atoms with van der Waals surface area (Å²) in [4.78, 5) is 11.9. The van der Waals surface area contributed by atoms with Gasteiger partial charge in [0.05, 0.1) is 0 Å². The summed E-state index contributed by atoms with van der Waals surface area (Å²) in [5, 5.41) is 3.24. The lowest BCUT2D eigenvalue weighted by molar-refractivity contribution is -0.156. The number of fused-ring (bicyclic) bond motifs is 1. The van der Waals surface area contributed by atoms with Gasteiger partial charge in [0.25, 0.3) is 0 Å².